The van der Waals surface area contributed by atoms with E-state index in [1.54, 1.807) is 0 Å². The average molecular weight is 332 g/mol. The summed E-state index contributed by atoms with van der Waals surface area (Å²) < 4.78 is 28.8. The van der Waals surface area contributed by atoms with E-state index < -0.39 is 12.4 Å². The predicted octanol–water partition coefficient (Wildman–Crippen LogP) is 2.54. The van der Waals surface area contributed by atoms with Crippen LogP contribution in [-0.2, 0) is 28.5 Å². The van der Waals surface area contributed by atoms with Gasteiger partial charge in [0, 0.05) is 26.2 Å². The van der Waals surface area contributed by atoms with Crippen LogP contribution in [-0.4, -0.2) is 56.5 Å². The van der Waals surface area contributed by atoms with Crippen molar-refractivity contribution >= 4 is 5.97 Å². The molecule has 6 nitrogen and oxygen atoms in total. The van der Waals surface area contributed by atoms with Crippen molar-refractivity contribution in [2.45, 2.75) is 78.7 Å². The van der Waals surface area contributed by atoms with Crippen molar-refractivity contribution in [3.8, 4) is 0 Å². The number of carbonyl (C=O) groups is 1. The highest BCUT2D eigenvalue weighted by Gasteiger charge is 2.48. The lowest BCUT2D eigenvalue weighted by Gasteiger charge is -2.44. The molecule has 1 rings (SSSR count). The third-order valence-electron chi connectivity index (χ3n) is 3.63. The van der Waals surface area contributed by atoms with Gasteiger partial charge < -0.3 is 23.7 Å². The predicted molar refractivity (Wildman–Crippen MR) is 86.1 cm³/mol. The molecule has 1 saturated heterocycles. The largest absolute Gasteiger partial charge is 0.433 e. The summed E-state index contributed by atoms with van der Waals surface area (Å²) >= 11 is 0. The van der Waals surface area contributed by atoms with Crippen molar-refractivity contribution in [1.29, 1.82) is 0 Å². The first-order valence-electron chi connectivity index (χ1n) is 8.64. The molecular weight excluding hydrogens is 300 g/mol. The first kappa shape index (κ1) is 20.4. The molecule has 0 unspecified atom stereocenters. The minimum absolute atomic E-state index is 0.230. The van der Waals surface area contributed by atoms with E-state index in [0.717, 1.165) is 0 Å². The van der Waals surface area contributed by atoms with Gasteiger partial charge in [-0.2, -0.15) is 0 Å². The van der Waals surface area contributed by atoms with E-state index >= 15 is 0 Å². The molecule has 0 saturated carbocycles. The van der Waals surface area contributed by atoms with Gasteiger partial charge in [0.05, 0.1) is 6.10 Å². The number of hydrogen-bond acceptors (Lipinski definition) is 6. The second-order valence-electron chi connectivity index (χ2n) is 6.06. The molecule has 0 aliphatic carbocycles. The van der Waals surface area contributed by atoms with E-state index in [0.29, 0.717) is 26.2 Å². The number of carbonyl (C=O) groups excluding carboxylic acids is 1. The van der Waals surface area contributed by atoms with Crippen molar-refractivity contribution in [2.24, 2.45) is 5.92 Å². The van der Waals surface area contributed by atoms with Crippen LogP contribution in [0.15, 0.2) is 0 Å². The fourth-order valence-corrected chi connectivity index (χ4v) is 2.75. The summed E-state index contributed by atoms with van der Waals surface area (Å²) in [6.45, 7) is 13.1. The molecule has 5 atom stereocenters. The Bertz CT molecular complexity index is 346. The van der Waals surface area contributed by atoms with E-state index in [2.05, 4.69) is 0 Å². The summed E-state index contributed by atoms with van der Waals surface area (Å²) in [5.74, 6) is -0.0556. The van der Waals surface area contributed by atoms with Gasteiger partial charge in [0.1, 0.15) is 18.3 Å². The molecule has 0 aromatic heterocycles. The minimum Gasteiger partial charge on any atom is -0.433 e. The highest BCUT2D eigenvalue weighted by atomic mass is 16.7. The summed E-state index contributed by atoms with van der Waals surface area (Å²) in [7, 11) is 0. The van der Waals surface area contributed by atoms with E-state index in [1.807, 2.05) is 41.5 Å². The van der Waals surface area contributed by atoms with Gasteiger partial charge in [-0.15, -0.1) is 0 Å². The van der Waals surface area contributed by atoms with Gasteiger partial charge in [-0.3, -0.25) is 4.79 Å². The summed E-state index contributed by atoms with van der Waals surface area (Å²) in [5.41, 5.74) is 0. The average Bonchev–Trinajstić information content (AvgIpc) is 2.46. The Morgan fingerprint density at radius 3 is 2.00 bits per heavy atom. The Balaban J connectivity index is 2.89. The zero-order valence-electron chi connectivity index (χ0n) is 15.2. The van der Waals surface area contributed by atoms with E-state index in [4.69, 9.17) is 23.7 Å². The molecule has 0 radical (unpaired) electrons. The Morgan fingerprint density at radius 1 is 0.957 bits per heavy atom. The van der Waals surface area contributed by atoms with E-state index in [1.165, 1.54) is 0 Å². The molecule has 1 fully saturated rings. The SMILES string of the molecule is CCO[C@@H]1[C@@H](OCC)[C@H](C)O[C@@H](OC(=O)CC(C)C)[C@@H]1OCC. The van der Waals surface area contributed by atoms with Crippen LogP contribution in [0.25, 0.3) is 0 Å². The fraction of sp³-hybridized carbons (Fsp3) is 0.941. The van der Waals surface area contributed by atoms with Crippen LogP contribution in [0.5, 0.6) is 0 Å². The van der Waals surface area contributed by atoms with Crippen molar-refractivity contribution in [3.05, 3.63) is 0 Å². The third kappa shape index (κ3) is 6.03. The molecule has 0 aromatic carbocycles. The monoisotopic (exact) mass is 332 g/mol. The fourth-order valence-electron chi connectivity index (χ4n) is 2.75. The lowest BCUT2D eigenvalue weighted by atomic mass is 9.99. The van der Waals surface area contributed by atoms with Crippen molar-refractivity contribution in [2.75, 3.05) is 19.8 Å². The number of ether oxygens (including phenoxy) is 5. The van der Waals surface area contributed by atoms with Crippen molar-refractivity contribution in [1.82, 2.24) is 0 Å². The van der Waals surface area contributed by atoms with Crippen LogP contribution >= 0.6 is 0 Å². The second kappa shape index (κ2) is 10.2. The molecule has 0 amide bonds. The molecule has 1 aliphatic rings. The quantitative estimate of drug-likeness (QED) is 0.605. The maximum atomic E-state index is 12.0. The number of esters is 1. The zero-order chi connectivity index (χ0) is 17.4. The first-order valence-corrected chi connectivity index (χ1v) is 8.64. The Labute approximate surface area is 139 Å². The van der Waals surface area contributed by atoms with Gasteiger partial charge in [0.15, 0.2) is 0 Å². The molecule has 1 heterocycles. The first-order chi connectivity index (χ1) is 10.9. The Morgan fingerprint density at radius 2 is 1.48 bits per heavy atom. The molecule has 136 valence electrons. The van der Waals surface area contributed by atoms with Gasteiger partial charge in [-0.1, -0.05) is 13.8 Å². The van der Waals surface area contributed by atoms with Crippen molar-refractivity contribution in [3.63, 3.8) is 0 Å². The maximum Gasteiger partial charge on any atom is 0.308 e. The highest BCUT2D eigenvalue weighted by molar-refractivity contribution is 5.69. The van der Waals surface area contributed by atoms with Crippen LogP contribution < -0.4 is 0 Å². The van der Waals surface area contributed by atoms with Crippen LogP contribution in [0, 0.1) is 5.92 Å². The second-order valence-corrected chi connectivity index (χ2v) is 6.06. The van der Waals surface area contributed by atoms with Crippen molar-refractivity contribution < 1.29 is 28.5 Å². The van der Waals surface area contributed by atoms with Gasteiger partial charge in [-0.05, 0) is 33.6 Å². The summed E-state index contributed by atoms with van der Waals surface area (Å²) in [5, 5.41) is 0. The number of hydrogen-bond donors (Lipinski definition) is 0. The van der Waals surface area contributed by atoms with Crippen LogP contribution in [0.2, 0.25) is 0 Å². The van der Waals surface area contributed by atoms with E-state index in [-0.39, 0.29) is 30.2 Å². The smallest absolute Gasteiger partial charge is 0.308 e. The lowest BCUT2D eigenvalue weighted by Crippen LogP contribution is -2.60. The minimum atomic E-state index is -0.774. The Kier molecular flexibility index (Phi) is 9.06. The van der Waals surface area contributed by atoms with Gasteiger partial charge in [-0.25, -0.2) is 0 Å². The van der Waals surface area contributed by atoms with Gasteiger partial charge in [0.2, 0.25) is 6.29 Å². The molecule has 0 bridgehead atoms. The summed E-state index contributed by atoms with van der Waals surface area (Å²) in [6, 6.07) is 0. The molecule has 0 spiro atoms. The van der Waals surface area contributed by atoms with Crippen LogP contribution in [0.4, 0.5) is 0 Å². The maximum absolute atomic E-state index is 12.0. The Hall–Kier alpha value is -0.690. The lowest BCUT2D eigenvalue weighted by molar-refractivity contribution is -0.305. The topological polar surface area (TPSA) is 63.2 Å². The molecule has 1 aliphatic heterocycles. The van der Waals surface area contributed by atoms with E-state index in [9.17, 15) is 4.79 Å². The molecule has 0 aromatic rings. The van der Waals surface area contributed by atoms with Crippen LogP contribution in [0.3, 0.4) is 0 Å². The van der Waals surface area contributed by atoms with Crippen LogP contribution in [0.1, 0.15) is 48.0 Å². The normalized spacial score (nSPS) is 31.3. The molecule has 23 heavy (non-hydrogen) atoms. The standard InChI is InChI=1S/C17H32O6/c1-7-19-14-12(6)22-17(23-13(18)10-11(4)5)16(21-9-3)15(14)20-8-2/h11-12,14-17H,7-10H2,1-6H3/t12-,14-,15+,16+,17-/m0/s1. The highest BCUT2D eigenvalue weighted by Crippen LogP contribution is 2.29. The zero-order valence-corrected chi connectivity index (χ0v) is 15.2. The summed E-state index contributed by atoms with van der Waals surface area (Å²) in [4.78, 5) is 12.0. The molecule has 6 heteroatoms. The molecular formula is C17H32O6. The number of rotatable bonds is 9. The van der Waals surface area contributed by atoms with Gasteiger partial charge in [0.25, 0.3) is 0 Å². The molecule has 0 N–H and O–H groups in total. The van der Waals surface area contributed by atoms with Gasteiger partial charge >= 0.3 is 5.97 Å². The third-order valence-corrected chi connectivity index (χ3v) is 3.63. The summed E-state index contributed by atoms with van der Waals surface area (Å²) in [6.07, 6.45) is -1.76.